The van der Waals surface area contributed by atoms with Crippen LogP contribution in [-0.2, 0) is 14.9 Å². The molecule has 4 nitrogen and oxygen atoms in total. The van der Waals surface area contributed by atoms with Gasteiger partial charge in [-0.1, -0.05) is 48.0 Å². The molecule has 2 aromatic carbocycles. The molecule has 1 N–H and O–H groups in total. The van der Waals surface area contributed by atoms with Crippen LogP contribution in [0.2, 0.25) is 5.02 Å². The summed E-state index contributed by atoms with van der Waals surface area (Å²) < 4.78 is 11.0. The summed E-state index contributed by atoms with van der Waals surface area (Å²) in [5, 5.41) is 3.61. The van der Waals surface area contributed by atoms with Crippen LogP contribution in [0.5, 0.6) is 5.75 Å². The highest BCUT2D eigenvalue weighted by molar-refractivity contribution is 6.30. The number of rotatable bonds is 6. The maximum Gasteiger partial charge on any atom is 0.257 e. The van der Waals surface area contributed by atoms with E-state index in [0.717, 1.165) is 12.8 Å². The summed E-state index contributed by atoms with van der Waals surface area (Å²) in [7, 11) is 0. The van der Waals surface area contributed by atoms with Crippen LogP contribution < -0.4 is 10.1 Å². The van der Waals surface area contributed by atoms with Gasteiger partial charge in [-0.05, 0) is 36.6 Å². The smallest absolute Gasteiger partial charge is 0.257 e. The Bertz CT molecular complexity index is 699. The summed E-state index contributed by atoms with van der Waals surface area (Å²) >= 11 is 5.92. The average Bonchev–Trinajstić information content (AvgIpc) is 2.66. The zero-order valence-corrected chi connectivity index (χ0v) is 14.8. The zero-order chi connectivity index (χ0) is 17.5. The lowest BCUT2D eigenvalue weighted by molar-refractivity contribution is -0.123. The zero-order valence-electron chi connectivity index (χ0n) is 14.0. The number of carbonyl (C=O) groups excluding carboxylic acids is 1. The Hall–Kier alpha value is -2.04. The number of halogens is 1. The number of nitrogens with one attached hydrogen (secondary N) is 1. The molecule has 1 aliphatic heterocycles. The topological polar surface area (TPSA) is 47.6 Å². The fourth-order valence-electron chi connectivity index (χ4n) is 3.15. The maximum absolute atomic E-state index is 12.2. The van der Waals surface area contributed by atoms with E-state index < -0.39 is 0 Å². The molecule has 1 aliphatic rings. The third-order valence-corrected chi connectivity index (χ3v) is 4.86. The molecule has 1 fully saturated rings. The van der Waals surface area contributed by atoms with Crippen LogP contribution in [0.4, 0.5) is 0 Å². The standard InChI is InChI=1S/C20H22ClNO3/c21-17-7-4-8-18(13-17)25-14-19(23)22-15-20(9-11-24-12-10-20)16-5-2-1-3-6-16/h1-8,13H,9-12,14-15H2,(H,22,23). The lowest BCUT2D eigenvalue weighted by Gasteiger charge is -2.38. The van der Waals surface area contributed by atoms with Gasteiger partial charge in [-0.25, -0.2) is 0 Å². The lowest BCUT2D eigenvalue weighted by atomic mass is 9.74. The lowest BCUT2D eigenvalue weighted by Crippen LogP contribution is -2.45. The highest BCUT2D eigenvalue weighted by Crippen LogP contribution is 2.34. The minimum atomic E-state index is -0.137. The van der Waals surface area contributed by atoms with E-state index in [-0.39, 0.29) is 17.9 Å². The third kappa shape index (κ3) is 4.74. The number of benzene rings is 2. The molecule has 25 heavy (non-hydrogen) atoms. The van der Waals surface area contributed by atoms with E-state index in [1.165, 1.54) is 5.56 Å². The molecule has 0 bridgehead atoms. The van der Waals surface area contributed by atoms with E-state index in [1.807, 2.05) is 18.2 Å². The Kier molecular flexibility index (Phi) is 5.95. The van der Waals surface area contributed by atoms with Crippen LogP contribution in [0.25, 0.3) is 0 Å². The summed E-state index contributed by atoms with van der Waals surface area (Å²) in [6.07, 6.45) is 1.79. The molecule has 132 valence electrons. The summed E-state index contributed by atoms with van der Waals surface area (Å²) in [6.45, 7) is 1.98. The fraction of sp³-hybridized carbons (Fsp3) is 0.350. The number of hydrogen-bond acceptors (Lipinski definition) is 3. The van der Waals surface area contributed by atoms with Crippen LogP contribution in [0, 0.1) is 0 Å². The first-order chi connectivity index (χ1) is 12.2. The van der Waals surface area contributed by atoms with Crippen molar-refractivity contribution in [2.75, 3.05) is 26.4 Å². The van der Waals surface area contributed by atoms with Gasteiger partial charge in [0, 0.05) is 30.2 Å². The monoisotopic (exact) mass is 359 g/mol. The molecule has 0 atom stereocenters. The second-order valence-corrected chi connectivity index (χ2v) is 6.72. The molecule has 0 spiro atoms. The SMILES string of the molecule is O=C(COc1cccc(Cl)c1)NCC1(c2ccccc2)CCOCC1. The predicted octanol–water partition coefficient (Wildman–Crippen LogP) is 3.58. The molecule has 5 heteroatoms. The predicted molar refractivity (Wildman–Crippen MR) is 98.1 cm³/mol. The van der Waals surface area contributed by atoms with Gasteiger partial charge < -0.3 is 14.8 Å². The molecule has 3 rings (SSSR count). The Labute approximate surface area is 153 Å². The molecule has 2 aromatic rings. The molecule has 0 aliphatic carbocycles. The molecule has 0 unspecified atom stereocenters. The highest BCUT2D eigenvalue weighted by Gasteiger charge is 2.34. The molecule has 0 radical (unpaired) electrons. The number of hydrogen-bond donors (Lipinski definition) is 1. The van der Waals surface area contributed by atoms with Crippen LogP contribution in [0.3, 0.4) is 0 Å². The van der Waals surface area contributed by atoms with Gasteiger partial charge in [-0.3, -0.25) is 4.79 Å². The van der Waals surface area contributed by atoms with Crippen LogP contribution >= 0.6 is 11.6 Å². The first kappa shape index (κ1) is 17.8. The summed E-state index contributed by atoms with van der Waals surface area (Å²) in [5.74, 6) is 0.452. The second kappa shape index (κ2) is 8.37. The van der Waals surface area contributed by atoms with Gasteiger partial charge in [0.25, 0.3) is 5.91 Å². The minimum Gasteiger partial charge on any atom is -0.484 e. The van der Waals surface area contributed by atoms with Crippen molar-refractivity contribution >= 4 is 17.5 Å². The first-order valence-electron chi connectivity index (χ1n) is 8.46. The number of amides is 1. The van der Waals surface area contributed by atoms with Crippen LogP contribution in [-0.4, -0.2) is 32.3 Å². The third-order valence-electron chi connectivity index (χ3n) is 4.63. The molecular formula is C20H22ClNO3. The van der Waals surface area contributed by atoms with E-state index in [4.69, 9.17) is 21.1 Å². The normalized spacial score (nSPS) is 16.2. The quantitative estimate of drug-likeness (QED) is 0.857. The van der Waals surface area contributed by atoms with Crippen LogP contribution in [0.1, 0.15) is 18.4 Å². The van der Waals surface area contributed by atoms with E-state index in [2.05, 4.69) is 17.4 Å². The van der Waals surface area contributed by atoms with E-state index in [1.54, 1.807) is 24.3 Å². The van der Waals surface area contributed by atoms with Gasteiger partial charge in [0.05, 0.1) is 0 Å². The highest BCUT2D eigenvalue weighted by atomic mass is 35.5. The van der Waals surface area contributed by atoms with Crippen LogP contribution in [0.15, 0.2) is 54.6 Å². The largest absolute Gasteiger partial charge is 0.484 e. The van der Waals surface area contributed by atoms with Gasteiger partial charge in [-0.15, -0.1) is 0 Å². The van der Waals surface area contributed by atoms with Gasteiger partial charge >= 0.3 is 0 Å². The van der Waals surface area contributed by atoms with Crippen molar-refractivity contribution in [1.82, 2.24) is 5.32 Å². The van der Waals surface area contributed by atoms with Gasteiger partial charge in [0.15, 0.2) is 6.61 Å². The van der Waals surface area contributed by atoms with Crippen molar-refractivity contribution in [3.63, 3.8) is 0 Å². The first-order valence-corrected chi connectivity index (χ1v) is 8.84. The van der Waals surface area contributed by atoms with E-state index in [0.29, 0.717) is 30.5 Å². The average molecular weight is 360 g/mol. The van der Waals surface area contributed by atoms with Crippen molar-refractivity contribution in [2.24, 2.45) is 0 Å². The molecule has 1 heterocycles. The molecular weight excluding hydrogens is 338 g/mol. The second-order valence-electron chi connectivity index (χ2n) is 6.28. The molecule has 0 saturated carbocycles. The van der Waals surface area contributed by atoms with Crippen molar-refractivity contribution in [1.29, 1.82) is 0 Å². The summed E-state index contributed by atoms with van der Waals surface area (Å²) in [6, 6.07) is 17.4. The Morgan fingerprint density at radius 2 is 1.88 bits per heavy atom. The summed E-state index contributed by atoms with van der Waals surface area (Å²) in [5.41, 5.74) is 1.17. The van der Waals surface area contributed by atoms with Crippen molar-refractivity contribution in [3.05, 3.63) is 65.2 Å². The van der Waals surface area contributed by atoms with E-state index in [9.17, 15) is 4.79 Å². The van der Waals surface area contributed by atoms with Crippen molar-refractivity contribution < 1.29 is 14.3 Å². The Morgan fingerprint density at radius 3 is 2.60 bits per heavy atom. The summed E-state index contributed by atoms with van der Waals surface area (Å²) in [4.78, 5) is 12.2. The number of ether oxygens (including phenoxy) is 2. The number of carbonyl (C=O) groups is 1. The fourth-order valence-corrected chi connectivity index (χ4v) is 3.33. The molecule has 0 aromatic heterocycles. The van der Waals surface area contributed by atoms with Gasteiger partial charge in [0.2, 0.25) is 0 Å². The maximum atomic E-state index is 12.2. The van der Waals surface area contributed by atoms with Gasteiger partial charge in [-0.2, -0.15) is 0 Å². The molecule has 1 saturated heterocycles. The Balaban J connectivity index is 1.58. The van der Waals surface area contributed by atoms with Crippen molar-refractivity contribution in [3.8, 4) is 5.75 Å². The van der Waals surface area contributed by atoms with E-state index >= 15 is 0 Å². The van der Waals surface area contributed by atoms with Gasteiger partial charge in [0.1, 0.15) is 5.75 Å². The molecule has 1 amide bonds. The van der Waals surface area contributed by atoms with Crippen molar-refractivity contribution in [2.45, 2.75) is 18.3 Å². The minimum absolute atomic E-state index is 0.0261. The Morgan fingerprint density at radius 1 is 1.12 bits per heavy atom.